The van der Waals surface area contributed by atoms with Crippen LogP contribution in [-0.2, 0) is 4.65 Å². The van der Waals surface area contributed by atoms with E-state index in [1.165, 1.54) is 12.3 Å². The van der Waals surface area contributed by atoms with Crippen LogP contribution in [0.2, 0.25) is 0 Å². The lowest BCUT2D eigenvalue weighted by Crippen LogP contribution is -2.42. The van der Waals surface area contributed by atoms with Crippen molar-refractivity contribution in [1.82, 2.24) is 9.55 Å². The van der Waals surface area contributed by atoms with E-state index in [1.807, 2.05) is 0 Å². The monoisotopic (exact) mass is 269 g/mol. The lowest BCUT2D eigenvalue weighted by molar-refractivity contribution is -0.0503. The van der Waals surface area contributed by atoms with E-state index in [4.69, 9.17) is 18.9 Å². The molecule has 1 fully saturated rings. The Labute approximate surface area is 109 Å². The van der Waals surface area contributed by atoms with Crippen LogP contribution in [0.25, 0.3) is 0 Å². The lowest BCUT2D eigenvalue weighted by Gasteiger charge is -2.24. The number of anilines is 1. The molecule has 1 aromatic rings. The van der Waals surface area contributed by atoms with E-state index in [2.05, 4.69) is 9.64 Å². The van der Waals surface area contributed by atoms with Crippen LogP contribution in [0.3, 0.4) is 0 Å². The van der Waals surface area contributed by atoms with Gasteiger partial charge >= 0.3 is 5.69 Å². The van der Waals surface area contributed by atoms with Gasteiger partial charge in [0.1, 0.15) is 11.9 Å². The molecule has 19 heavy (non-hydrogen) atoms. The predicted molar refractivity (Wildman–Crippen MR) is 64.1 cm³/mol. The molecule has 0 aliphatic heterocycles. The first-order chi connectivity index (χ1) is 8.93. The van der Waals surface area contributed by atoms with Gasteiger partial charge in [0.15, 0.2) is 5.67 Å². The molecule has 0 bridgehead atoms. The van der Waals surface area contributed by atoms with Gasteiger partial charge in [-0.15, -0.1) is 0 Å². The van der Waals surface area contributed by atoms with Crippen LogP contribution in [0.5, 0.6) is 0 Å². The van der Waals surface area contributed by atoms with Crippen molar-refractivity contribution in [3.05, 3.63) is 22.7 Å². The van der Waals surface area contributed by atoms with E-state index < -0.39 is 36.2 Å². The highest BCUT2D eigenvalue weighted by Gasteiger charge is 2.63. The van der Waals surface area contributed by atoms with Crippen molar-refractivity contribution >= 4 is 13.9 Å². The molecule has 0 saturated heterocycles. The Morgan fingerprint density at radius 3 is 3.00 bits per heavy atom. The molecular weight excluding hydrogens is 256 g/mol. The second kappa shape index (κ2) is 4.91. The van der Waals surface area contributed by atoms with Crippen molar-refractivity contribution in [3.8, 4) is 0 Å². The Balaban J connectivity index is 2.20. The number of alkyl halides is 1. The minimum atomic E-state index is -2.09. The summed E-state index contributed by atoms with van der Waals surface area (Å²) >= 11 is 0. The van der Waals surface area contributed by atoms with Crippen molar-refractivity contribution in [2.75, 3.05) is 12.3 Å². The summed E-state index contributed by atoms with van der Waals surface area (Å²) in [7, 11) is 4.86. The summed E-state index contributed by atoms with van der Waals surface area (Å²) in [6, 6.07) is 0.474. The Morgan fingerprint density at radius 2 is 2.47 bits per heavy atom. The smallest absolute Gasteiger partial charge is 0.349 e. The van der Waals surface area contributed by atoms with Crippen molar-refractivity contribution in [2.45, 2.75) is 30.3 Å². The van der Waals surface area contributed by atoms with E-state index in [0.717, 1.165) is 4.57 Å². The molecule has 7 nitrogen and oxygen atoms in total. The van der Waals surface area contributed by atoms with Gasteiger partial charge in [-0.3, -0.25) is 4.57 Å². The molecule has 9 heteroatoms. The molecular formula is C10H13BFN3O4. The third-order valence-corrected chi connectivity index (χ3v) is 3.29. The number of hydrogen-bond donors (Lipinski definition) is 3. The maximum atomic E-state index is 14.4. The first kappa shape index (κ1) is 14.0. The normalized spacial score (nSPS) is 28.9. The van der Waals surface area contributed by atoms with Crippen LogP contribution in [0.15, 0.2) is 17.1 Å². The zero-order valence-corrected chi connectivity index (χ0v) is 9.94. The first-order valence-corrected chi connectivity index (χ1v) is 5.62. The number of nitrogens with two attached hydrogens (primary N) is 1. The minimum Gasteiger partial charge on any atom is -0.440 e. The SMILES string of the molecule is [B]OC(CO)[C@H](O)C1(F)C[C@H]1n1ccc(N)nc1=O. The quantitative estimate of drug-likeness (QED) is 0.549. The van der Waals surface area contributed by atoms with Crippen molar-refractivity contribution in [3.63, 3.8) is 0 Å². The summed E-state index contributed by atoms with van der Waals surface area (Å²) in [5.74, 6) is 0.0328. The summed E-state index contributed by atoms with van der Waals surface area (Å²) in [6.45, 7) is -0.634. The number of aromatic nitrogens is 2. The number of nitrogens with zero attached hydrogens (tertiary/aromatic N) is 2. The fourth-order valence-corrected chi connectivity index (χ4v) is 2.07. The Morgan fingerprint density at radius 1 is 1.79 bits per heavy atom. The van der Waals surface area contributed by atoms with Crippen molar-refractivity contribution in [1.29, 1.82) is 0 Å². The molecule has 1 aliphatic rings. The lowest BCUT2D eigenvalue weighted by atomic mass is 10.1. The summed E-state index contributed by atoms with van der Waals surface area (Å²) in [4.78, 5) is 15.0. The molecule has 1 heterocycles. The average Bonchev–Trinajstić information content (AvgIpc) is 3.04. The average molecular weight is 269 g/mol. The van der Waals surface area contributed by atoms with Crippen LogP contribution < -0.4 is 11.4 Å². The number of nitrogen functional groups attached to an aromatic ring is 1. The molecule has 0 aromatic carbocycles. The fraction of sp³-hybridized carbons (Fsp3) is 0.600. The number of halogens is 1. The van der Waals surface area contributed by atoms with Gasteiger partial charge in [0.25, 0.3) is 8.05 Å². The Bertz CT molecular complexity index is 524. The summed E-state index contributed by atoms with van der Waals surface area (Å²) in [5, 5.41) is 18.7. The maximum Gasteiger partial charge on any atom is 0.349 e. The van der Waals surface area contributed by atoms with Gasteiger partial charge in [-0.05, 0) is 6.07 Å². The predicted octanol–water partition coefficient (Wildman–Crippen LogP) is -1.70. The third-order valence-electron chi connectivity index (χ3n) is 3.29. The van der Waals surface area contributed by atoms with Crippen LogP contribution in [0, 0.1) is 0 Å². The molecule has 1 saturated carbocycles. The second-order valence-corrected chi connectivity index (χ2v) is 4.49. The molecule has 1 aliphatic carbocycles. The van der Waals surface area contributed by atoms with E-state index in [-0.39, 0.29) is 12.2 Å². The molecule has 1 aromatic heterocycles. The van der Waals surface area contributed by atoms with Gasteiger partial charge in [-0.1, -0.05) is 0 Å². The van der Waals surface area contributed by atoms with Crippen LogP contribution in [0.4, 0.5) is 10.2 Å². The second-order valence-electron chi connectivity index (χ2n) is 4.49. The zero-order chi connectivity index (χ0) is 14.2. The highest BCUT2D eigenvalue weighted by atomic mass is 19.1. The first-order valence-electron chi connectivity index (χ1n) is 5.62. The molecule has 2 unspecified atom stereocenters. The molecule has 4 N–H and O–H groups in total. The molecule has 102 valence electrons. The van der Waals surface area contributed by atoms with Gasteiger partial charge in [-0.2, -0.15) is 4.98 Å². The number of aliphatic hydroxyl groups excluding tert-OH is 2. The van der Waals surface area contributed by atoms with E-state index in [0.29, 0.717) is 0 Å². The molecule has 4 atom stereocenters. The zero-order valence-electron chi connectivity index (χ0n) is 9.94. The van der Waals surface area contributed by atoms with Gasteiger partial charge in [0, 0.05) is 12.6 Å². The summed E-state index contributed by atoms with van der Waals surface area (Å²) in [5.41, 5.74) is 2.54. The maximum absolute atomic E-state index is 14.4. The third kappa shape index (κ3) is 2.36. The summed E-state index contributed by atoms with van der Waals surface area (Å²) in [6.07, 6.45) is -1.69. The van der Waals surface area contributed by atoms with Gasteiger partial charge in [0.05, 0.1) is 18.8 Å². The van der Waals surface area contributed by atoms with Crippen molar-refractivity contribution in [2.24, 2.45) is 0 Å². The topological polar surface area (TPSA) is 111 Å². The van der Waals surface area contributed by atoms with E-state index in [9.17, 15) is 14.3 Å². The molecule has 2 radical (unpaired) electrons. The molecule has 0 amide bonds. The number of aliphatic hydroxyl groups is 2. The van der Waals surface area contributed by atoms with E-state index >= 15 is 0 Å². The Hall–Kier alpha value is -1.45. The van der Waals surface area contributed by atoms with Crippen LogP contribution >= 0.6 is 0 Å². The highest BCUT2D eigenvalue weighted by Crippen LogP contribution is 2.53. The standard InChI is InChI=1S/C10H13BFN3O4/c11-19-5(4-16)8(17)10(12)3-6(10)15-2-1-7(13)14-9(15)18/h1-2,5-6,8,16-17H,3-4H2,(H2,13,14,18)/t5?,6-,8+,10?/m1/s1. The minimum absolute atomic E-state index is 0.0328. The molecule has 2 rings (SSSR count). The number of rotatable bonds is 5. The van der Waals surface area contributed by atoms with Gasteiger partial charge in [0.2, 0.25) is 0 Å². The van der Waals surface area contributed by atoms with Crippen LogP contribution in [-0.4, -0.2) is 52.3 Å². The Kier molecular flexibility index (Phi) is 3.61. The van der Waals surface area contributed by atoms with Crippen molar-refractivity contribution < 1.29 is 19.3 Å². The van der Waals surface area contributed by atoms with Gasteiger partial charge in [-0.25, -0.2) is 9.18 Å². The van der Waals surface area contributed by atoms with Gasteiger partial charge < -0.3 is 20.6 Å². The van der Waals surface area contributed by atoms with E-state index in [1.54, 1.807) is 0 Å². The number of hydrogen-bond acceptors (Lipinski definition) is 6. The summed E-state index contributed by atoms with van der Waals surface area (Å²) < 4.78 is 19.8. The molecule has 0 spiro atoms. The van der Waals surface area contributed by atoms with Crippen LogP contribution in [0.1, 0.15) is 12.5 Å². The highest BCUT2D eigenvalue weighted by molar-refractivity contribution is 5.98. The fourth-order valence-electron chi connectivity index (χ4n) is 2.07. The largest absolute Gasteiger partial charge is 0.440 e.